The van der Waals surface area contributed by atoms with E-state index >= 15 is 0 Å². The van der Waals surface area contributed by atoms with Gasteiger partial charge >= 0.3 is 0 Å². The average molecular weight is 388 g/mol. The van der Waals surface area contributed by atoms with Crippen LogP contribution in [0.1, 0.15) is 11.3 Å². The van der Waals surface area contributed by atoms with E-state index in [-0.39, 0.29) is 25.7 Å². The zero-order valence-corrected chi connectivity index (χ0v) is 15.7. The van der Waals surface area contributed by atoms with E-state index in [0.717, 1.165) is 5.56 Å². The van der Waals surface area contributed by atoms with Crippen molar-refractivity contribution in [2.24, 2.45) is 0 Å². The van der Waals surface area contributed by atoms with E-state index < -0.39 is 18.4 Å². The molecule has 2 N–H and O–H groups in total. The summed E-state index contributed by atoms with van der Waals surface area (Å²) in [6.45, 7) is -0.525. The van der Waals surface area contributed by atoms with Gasteiger partial charge in [-0.15, -0.1) is 0 Å². The number of aliphatic hydroxyl groups excluding tert-OH is 2. The minimum Gasteiger partial charge on any atom is -0.489 e. The fourth-order valence-electron chi connectivity index (χ4n) is 3.42. The predicted octanol–water partition coefficient (Wildman–Crippen LogP) is 0.715. The van der Waals surface area contributed by atoms with Crippen LogP contribution < -0.4 is 4.74 Å². The van der Waals surface area contributed by atoms with Gasteiger partial charge in [-0.3, -0.25) is 9.78 Å². The number of benzene rings is 1. The number of carbonyl (C=O) groups excluding carboxylic acids is 1. The number of rotatable bonds is 10. The summed E-state index contributed by atoms with van der Waals surface area (Å²) in [5, 5.41) is 19.1. The molecule has 0 saturated carbocycles. The lowest BCUT2D eigenvalue weighted by Gasteiger charge is -2.53. The lowest BCUT2D eigenvalue weighted by atomic mass is 9.79. The molecule has 1 saturated heterocycles. The predicted molar refractivity (Wildman–Crippen MR) is 99.2 cm³/mol. The highest BCUT2D eigenvalue weighted by Gasteiger charge is 2.61. The fraction of sp³-hybridized carbons (Fsp3) is 0.400. The van der Waals surface area contributed by atoms with Crippen LogP contribution in [-0.4, -0.2) is 64.9 Å². The maximum Gasteiger partial charge on any atom is 0.259 e. The maximum absolute atomic E-state index is 12.7. The number of carbonyl (C=O) groups is 1. The Balaban J connectivity index is 1.74. The number of likely N-dealkylation sites (tertiary alicyclic amines) is 1. The molecule has 8 heteroatoms. The van der Waals surface area contributed by atoms with Gasteiger partial charge in [0.05, 0.1) is 12.6 Å². The number of hydrogen-bond acceptors (Lipinski definition) is 7. The van der Waals surface area contributed by atoms with Crippen molar-refractivity contribution in [1.82, 2.24) is 9.88 Å². The molecule has 1 fully saturated rings. The molecule has 3 rings (SSSR count). The molecule has 0 spiro atoms. The standard InChI is InChI=1S/C20H24N2O6/c1-26-13-22-18(11-23)20(19(22)25,28-14-24)10-16-9-17(7-8-21-16)27-12-15-5-3-2-4-6-15/h2-9,18,23-24H,10-14H2,1H3/t18-,20+/m0/s1. The summed E-state index contributed by atoms with van der Waals surface area (Å²) >= 11 is 0. The van der Waals surface area contributed by atoms with Gasteiger partial charge in [0.15, 0.2) is 5.60 Å². The van der Waals surface area contributed by atoms with E-state index in [1.54, 1.807) is 18.3 Å². The molecule has 2 aromatic rings. The summed E-state index contributed by atoms with van der Waals surface area (Å²) in [6.07, 6.45) is 1.69. The Morgan fingerprint density at radius 1 is 1.21 bits per heavy atom. The Hall–Kier alpha value is -2.52. The Labute approximate surface area is 163 Å². The number of ether oxygens (including phenoxy) is 3. The lowest BCUT2D eigenvalue weighted by Crippen LogP contribution is -2.77. The number of β-lactam (4-membered cyclic amide) rings is 1. The van der Waals surface area contributed by atoms with Crippen LogP contribution >= 0.6 is 0 Å². The zero-order chi connectivity index (χ0) is 20.0. The molecular weight excluding hydrogens is 364 g/mol. The summed E-state index contributed by atoms with van der Waals surface area (Å²) in [5.41, 5.74) is 0.209. The third-order valence-electron chi connectivity index (χ3n) is 4.78. The number of pyridine rings is 1. The van der Waals surface area contributed by atoms with Gasteiger partial charge in [0, 0.05) is 31.5 Å². The van der Waals surface area contributed by atoms with E-state index in [1.165, 1.54) is 12.0 Å². The molecule has 1 aromatic carbocycles. The Kier molecular flexibility index (Phi) is 6.58. The van der Waals surface area contributed by atoms with Crippen LogP contribution in [0.4, 0.5) is 0 Å². The van der Waals surface area contributed by atoms with Crippen LogP contribution in [0, 0.1) is 0 Å². The molecule has 2 heterocycles. The van der Waals surface area contributed by atoms with Crippen molar-refractivity contribution < 1.29 is 29.2 Å². The lowest BCUT2D eigenvalue weighted by molar-refractivity contribution is -0.234. The van der Waals surface area contributed by atoms with Gasteiger partial charge in [0.1, 0.15) is 25.9 Å². The average Bonchev–Trinajstić information content (AvgIpc) is 2.73. The van der Waals surface area contributed by atoms with Crippen molar-refractivity contribution in [3.63, 3.8) is 0 Å². The summed E-state index contributed by atoms with van der Waals surface area (Å²) in [5.74, 6) is 0.244. The highest BCUT2D eigenvalue weighted by molar-refractivity contribution is 5.93. The van der Waals surface area contributed by atoms with Crippen LogP contribution in [0.25, 0.3) is 0 Å². The van der Waals surface area contributed by atoms with E-state index in [2.05, 4.69) is 4.98 Å². The maximum atomic E-state index is 12.7. The third kappa shape index (κ3) is 4.00. The Bertz CT molecular complexity index is 787. The molecule has 0 aliphatic carbocycles. The van der Waals surface area contributed by atoms with Crippen molar-refractivity contribution >= 4 is 5.91 Å². The Morgan fingerprint density at radius 2 is 2.00 bits per heavy atom. The molecule has 1 aliphatic rings. The van der Waals surface area contributed by atoms with Crippen LogP contribution in [0.15, 0.2) is 48.7 Å². The largest absolute Gasteiger partial charge is 0.489 e. The molecule has 2 atom stereocenters. The first-order valence-electron chi connectivity index (χ1n) is 8.92. The van der Waals surface area contributed by atoms with Gasteiger partial charge in [0.2, 0.25) is 0 Å². The van der Waals surface area contributed by atoms with Crippen molar-refractivity contribution in [3.05, 3.63) is 59.9 Å². The quantitative estimate of drug-likeness (QED) is 0.457. The minimum atomic E-state index is -1.38. The molecule has 1 amide bonds. The monoisotopic (exact) mass is 388 g/mol. The minimum absolute atomic E-state index is 0.0360. The van der Waals surface area contributed by atoms with Crippen molar-refractivity contribution in [1.29, 1.82) is 0 Å². The van der Waals surface area contributed by atoms with Crippen molar-refractivity contribution in [2.45, 2.75) is 24.7 Å². The van der Waals surface area contributed by atoms with Crippen molar-refractivity contribution in [3.8, 4) is 5.75 Å². The van der Waals surface area contributed by atoms with E-state index in [0.29, 0.717) is 18.1 Å². The Morgan fingerprint density at radius 3 is 2.68 bits per heavy atom. The summed E-state index contributed by atoms with van der Waals surface area (Å²) in [4.78, 5) is 18.3. The second-order valence-corrected chi connectivity index (χ2v) is 6.49. The molecule has 0 bridgehead atoms. The second-order valence-electron chi connectivity index (χ2n) is 6.49. The molecule has 1 aromatic heterocycles. The summed E-state index contributed by atoms with van der Waals surface area (Å²) in [7, 11) is 1.46. The number of amides is 1. The second kappa shape index (κ2) is 9.11. The van der Waals surface area contributed by atoms with Gasteiger partial charge in [-0.2, -0.15) is 0 Å². The molecule has 1 aliphatic heterocycles. The van der Waals surface area contributed by atoms with Crippen LogP contribution in [-0.2, 0) is 27.3 Å². The summed E-state index contributed by atoms with van der Waals surface area (Å²) in [6, 6.07) is 12.6. The van der Waals surface area contributed by atoms with Gasteiger partial charge < -0.3 is 29.3 Å². The summed E-state index contributed by atoms with van der Waals surface area (Å²) < 4.78 is 16.2. The van der Waals surface area contributed by atoms with Crippen molar-refractivity contribution in [2.75, 3.05) is 27.2 Å². The highest BCUT2D eigenvalue weighted by Crippen LogP contribution is 2.37. The van der Waals surface area contributed by atoms with E-state index in [1.807, 2.05) is 30.3 Å². The number of aliphatic hydroxyl groups is 2. The smallest absolute Gasteiger partial charge is 0.259 e. The molecule has 8 nitrogen and oxygen atoms in total. The fourth-order valence-corrected chi connectivity index (χ4v) is 3.42. The third-order valence-corrected chi connectivity index (χ3v) is 4.78. The number of nitrogens with zero attached hydrogens (tertiary/aromatic N) is 2. The number of hydrogen-bond donors (Lipinski definition) is 2. The SMILES string of the molecule is COCN1C(=O)[C@](Cc2cc(OCc3ccccc3)ccn2)(OCO)[C@@H]1CO. The van der Waals surface area contributed by atoms with Crippen LogP contribution in [0.2, 0.25) is 0 Å². The number of aromatic nitrogens is 1. The van der Waals surface area contributed by atoms with Gasteiger partial charge in [-0.05, 0) is 11.6 Å². The molecule has 150 valence electrons. The van der Waals surface area contributed by atoms with E-state index in [4.69, 9.17) is 14.2 Å². The van der Waals surface area contributed by atoms with Crippen LogP contribution in [0.5, 0.6) is 5.75 Å². The first-order valence-corrected chi connectivity index (χ1v) is 8.92. The highest BCUT2D eigenvalue weighted by atomic mass is 16.6. The zero-order valence-electron chi connectivity index (χ0n) is 15.7. The number of methoxy groups -OCH3 is 1. The topological polar surface area (TPSA) is 101 Å². The molecule has 0 radical (unpaired) electrons. The van der Waals surface area contributed by atoms with Gasteiger partial charge in [-0.25, -0.2) is 0 Å². The normalized spacial score (nSPS) is 21.5. The van der Waals surface area contributed by atoms with E-state index in [9.17, 15) is 15.0 Å². The van der Waals surface area contributed by atoms with Crippen LogP contribution in [0.3, 0.4) is 0 Å². The molecule has 28 heavy (non-hydrogen) atoms. The molecule has 0 unspecified atom stereocenters. The molecular formula is C20H24N2O6. The first kappa shape index (κ1) is 20.2. The first-order chi connectivity index (χ1) is 13.6. The van der Waals surface area contributed by atoms with Gasteiger partial charge in [-0.1, -0.05) is 30.3 Å². The van der Waals surface area contributed by atoms with Gasteiger partial charge in [0.25, 0.3) is 5.91 Å².